The number of carbonyl (C=O) groups excluding carboxylic acids is 2. The number of aliphatic hydroxyl groups is 1. The van der Waals surface area contributed by atoms with Crippen LogP contribution in [0.1, 0.15) is 35.9 Å². The second-order valence-corrected chi connectivity index (χ2v) is 8.05. The number of hydrogen-bond acceptors (Lipinski definition) is 8. The number of ether oxygens (including phenoxy) is 3. The van der Waals surface area contributed by atoms with Crippen LogP contribution in [0.3, 0.4) is 0 Å². The van der Waals surface area contributed by atoms with Crippen molar-refractivity contribution in [3.05, 3.63) is 106 Å². The van der Waals surface area contributed by atoms with Crippen LogP contribution < -0.4 is 9.47 Å². The molecule has 40 heavy (non-hydrogen) atoms. The Bertz CT molecular complexity index is 1340. The summed E-state index contributed by atoms with van der Waals surface area (Å²) in [4.78, 5) is 33.3. The van der Waals surface area contributed by atoms with Gasteiger partial charge in [0.05, 0.1) is 17.1 Å². The fourth-order valence-electron chi connectivity index (χ4n) is 3.02. The number of aliphatic hydroxyl groups excluding tert-OH is 1. The zero-order valence-corrected chi connectivity index (χ0v) is 21.1. The molecule has 0 radical (unpaired) electrons. The molecule has 0 aliphatic heterocycles. The minimum absolute atomic E-state index is 0.0412. The van der Waals surface area contributed by atoms with Crippen LogP contribution in [0.5, 0.6) is 17.2 Å². The highest BCUT2D eigenvalue weighted by molar-refractivity contribution is 6.03. The molecule has 0 saturated heterocycles. The van der Waals surface area contributed by atoms with Crippen molar-refractivity contribution < 1.29 is 51.4 Å². The maximum atomic E-state index is 14.4. The number of esters is 1. The van der Waals surface area contributed by atoms with Crippen LogP contribution in [0.25, 0.3) is 0 Å². The topological polar surface area (TPSA) is 125 Å². The fourth-order valence-corrected chi connectivity index (χ4v) is 3.02. The molecule has 1 atom stereocenters. The first-order chi connectivity index (χ1) is 18.7. The van der Waals surface area contributed by atoms with Crippen molar-refractivity contribution in [3.8, 4) is 17.2 Å². The maximum Gasteiger partial charge on any atom is 0.573 e. The summed E-state index contributed by atoms with van der Waals surface area (Å²) < 4.78 is 64.7. The fraction of sp³-hybridized carbons (Fsp3) is 0.185. The van der Waals surface area contributed by atoms with Crippen molar-refractivity contribution in [2.75, 3.05) is 0 Å². The van der Waals surface area contributed by atoms with E-state index >= 15 is 0 Å². The number of nitro benzene ring substituents is 1. The van der Waals surface area contributed by atoms with E-state index in [9.17, 15) is 42.4 Å². The van der Waals surface area contributed by atoms with E-state index in [4.69, 9.17) is 4.74 Å². The summed E-state index contributed by atoms with van der Waals surface area (Å²) in [5.41, 5.74) is -1.33. The number of rotatable bonds is 9. The maximum absolute atomic E-state index is 14.4. The van der Waals surface area contributed by atoms with E-state index in [2.05, 4.69) is 16.1 Å². The van der Waals surface area contributed by atoms with Crippen LogP contribution in [0, 0.1) is 15.9 Å². The predicted molar refractivity (Wildman–Crippen MR) is 133 cm³/mol. The molecule has 0 fully saturated rings. The van der Waals surface area contributed by atoms with Gasteiger partial charge in [0.15, 0.2) is 11.6 Å². The van der Waals surface area contributed by atoms with Crippen molar-refractivity contribution in [2.24, 2.45) is 0 Å². The van der Waals surface area contributed by atoms with Gasteiger partial charge in [0.25, 0.3) is 5.69 Å². The average molecular weight is 565 g/mol. The lowest BCUT2D eigenvalue weighted by Gasteiger charge is -2.13. The van der Waals surface area contributed by atoms with Gasteiger partial charge in [-0.05, 0) is 43.7 Å². The van der Waals surface area contributed by atoms with Gasteiger partial charge in [-0.15, -0.1) is 13.2 Å². The number of hydrogen-bond donors (Lipinski definition) is 1. The van der Waals surface area contributed by atoms with E-state index in [1.807, 2.05) is 0 Å². The Morgan fingerprint density at radius 2 is 1.60 bits per heavy atom. The van der Waals surface area contributed by atoms with Crippen LogP contribution in [0.4, 0.5) is 23.2 Å². The summed E-state index contributed by atoms with van der Waals surface area (Å²) in [6, 6.07) is 12.7. The van der Waals surface area contributed by atoms with E-state index in [0.717, 1.165) is 36.4 Å². The van der Waals surface area contributed by atoms with Crippen molar-refractivity contribution >= 4 is 17.4 Å². The van der Waals surface area contributed by atoms with E-state index in [-0.39, 0.29) is 23.4 Å². The highest BCUT2D eigenvalue weighted by Crippen LogP contribution is 2.34. The Morgan fingerprint density at radius 3 is 2.08 bits per heavy atom. The Morgan fingerprint density at radius 1 is 1.02 bits per heavy atom. The first-order valence-corrected chi connectivity index (χ1v) is 11.3. The smallest absolute Gasteiger partial charge is 0.460 e. The Labute approximate surface area is 225 Å². The lowest BCUT2D eigenvalue weighted by molar-refractivity contribution is -0.385. The summed E-state index contributed by atoms with van der Waals surface area (Å²) in [5.74, 6) is -3.91. The molecule has 0 spiro atoms. The molecule has 0 aromatic heterocycles. The minimum Gasteiger partial charge on any atom is -0.460 e. The summed E-state index contributed by atoms with van der Waals surface area (Å²) in [6.07, 6.45) is -5.55. The Kier molecular flexibility index (Phi) is 10.9. The Hall–Kier alpha value is -4.78. The lowest BCUT2D eigenvalue weighted by atomic mass is 9.98. The van der Waals surface area contributed by atoms with Crippen LogP contribution in [0.15, 0.2) is 79.4 Å². The second-order valence-electron chi connectivity index (χ2n) is 8.05. The van der Waals surface area contributed by atoms with Gasteiger partial charge in [-0.1, -0.05) is 36.9 Å². The molecule has 1 N–H and O–H groups in total. The van der Waals surface area contributed by atoms with Crippen LogP contribution in [-0.4, -0.2) is 34.2 Å². The van der Waals surface area contributed by atoms with E-state index in [1.165, 1.54) is 12.1 Å². The van der Waals surface area contributed by atoms with Gasteiger partial charge in [0.1, 0.15) is 23.2 Å². The van der Waals surface area contributed by atoms with Crippen LogP contribution in [0.2, 0.25) is 0 Å². The van der Waals surface area contributed by atoms with Gasteiger partial charge in [-0.3, -0.25) is 14.9 Å². The lowest BCUT2D eigenvalue weighted by Crippen LogP contribution is -2.16. The summed E-state index contributed by atoms with van der Waals surface area (Å²) in [6.45, 7) is 6.83. The molecular formula is C27H23F4NO8. The molecule has 3 aromatic carbocycles. The molecule has 3 aromatic rings. The molecule has 0 heterocycles. The van der Waals surface area contributed by atoms with Crippen molar-refractivity contribution in [1.29, 1.82) is 0 Å². The number of nitrogens with zero attached hydrogens (tertiary/aromatic N) is 1. The molecule has 3 rings (SSSR count). The predicted octanol–water partition coefficient (Wildman–Crippen LogP) is 6.47. The van der Waals surface area contributed by atoms with Crippen molar-refractivity contribution in [1.82, 2.24) is 0 Å². The molecule has 0 saturated carbocycles. The minimum atomic E-state index is -4.90. The highest BCUT2D eigenvalue weighted by atomic mass is 19.4. The number of benzene rings is 3. The first kappa shape index (κ1) is 31.4. The molecule has 0 aliphatic rings. The molecule has 9 nitrogen and oxygen atoms in total. The van der Waals surface area contributed by atoms with Crippen molar-refractivity contribution in [3.63, 3.8) is 0 Å². The third kappa shape index (κ3) is 9.51. The second kappa shape index (κ2) is 13.8. The van der Waals surface area contributed by atoms with E-state index in [0.29, 0.717) is 6.07 Å². The number of nitro groups is 1. The zero-order valence-electron chi connectivity index (χ0n) is 21.1. The summed E-state index contributed by atoms with van der Waals surface area (Å²) in [7, 11) is 0. The van der Waals surface area contributed by atoms with Crippen molar-refractivity contribution in [2.45, 2.75) is 32.4 Å². The Balaban J connectivity index is 0.000000611. The third-order valence-electron chi connectivity index (χ3n) is 4.68. The third-order valence-corrected chi connectivity index (χ3v) is 4.68. The number of carbonyl (C=O) groups is 2. The van der Waals surface area contributed by atoms with E-state index in [1.54, 1.807) is 32.0 Å². The molecule has 13 heteroatoms. The number of ketones is 1. The molecule has 0 amide bonds. The average Bonchev–Trinajstić information content (AvgIpc) is 2.89. The zero-order chi connectivity index (χ0) is 30.0. The van der Waals surface area contributed by atoms with Gasteiger partial charge in [0, 0.05) is 12.1 Å². The molecule has 0 bridgehead atoms. The van der Waals surface area contributed by atoms with E-state index < -0.39 is 51.7 Å². The van der Waals surface area contributed by atoms with Gasteiger partial charge < -0.3 is 19.3 Å². The van der Waals surface area contributed by atoms with Gasteiger partial charge in [-0.25, -0.2) is 9.18 Å². The summed E-state index contributed by atoms with van der Waals surface area (Å²) in [5, 5.41) is 21.6. The molecule has 212 valence electrons. The standard InChI is InChI=1S/C21H13F4NO6.C6H10O2/c22-16-11-17(26(29)30)15(20(28)19(27)12-4-2-1-3-5-12)10-18(16)31-13-6-8-14(9-7-13)32-21(23,24)25;1-4-6(7)8-5(2)3/h1-11,19,27H;4-5H,1H2,2-3H3. The number of halogens is 4. The summed E-state index contributed by atoms with van der Waals surface area (Å²) >= 11 is 0. The molecular weight excluding hydrogens is 542 g/mol. The first-order valence-electron chi connectivity index (χ1n) is 11.3. The SMILES string of the molecule is C=CC(=O)OC(C)C.O=C(c1cc(Oc2ccc(OC(F)(F)F)cc2)c(F)cc1[N+](=O)[O-])C(O)c1ccccc1. The molecule has 0 aliphatic carbocycles. The largest absolute Gasteiger partial charge is 0.573 e. The molecule has 1 unspecified atom stereocenters. The van der Waals surface area contributed by atoms with Gasteiger partial charge in [-0.2, -0.15) is 0 Å². The van der Waals surface area contributed by atoms with Crippen LogP contribution >= 0.6 is 0 Å². The number of Topliss-reactive ketones (excluding diaryl/α,β-unsaturated/α-hetero) is 1. The monoisotopic (exact) mass is 565 g/mol. The normalized spacial score (nSPS) is 11.5. The highest BCUT2D eigenvalue weighted by Gasteiger charge is 2.31. The van der Waals surface area contributed by atoms with Crippen LogP contribution in [-0.2, 0) is 9.53 Å². The quantitative estimate of drug-likeness (QED) is 0.0782. The van der Waals surface area contributed by atoms with Gasteiger partial charge in [0.2, 0.25) is 5.78 Å². The van der Waals surface area contributed by atoms with Gasteiger partial charge >= 0.3 is 12.3 Å². The number of alkyl halides is 3.